The molecule has 5 N–H and O–H groups in total. The average molecular weight is 566 g/mol. The molecule has 4 aromatic rings. The van der Waals surface area contributed by atoms with E-state index in [0.29, 0.717) is 35.2 Å². The summed E-state index contributed by atoms with van der Waals surface area (Å²) in [6.07, 6.45) is 4.15. The van der Waals surface area contributed by atoms with E-state index in [2.05, 4.69) is 35.9 Å². The lowest BCUT2D eigenvalue weighted by Crippen LogP contribution is -2.16. The van der Waals surface area contributed by atoms with Crippen LogP contribution in [-0.2, 0) is 9.59 Å². The normalized spacial score (nSPS) is 10.8. The quantitative estimate of drug-likeness (QED) is 0.0675. The summed E-state index contributed by atoms with van der Waals surface area (Å²) in [6, 6.07) is 10.8. The Bertz CT molecular complexity index is 1500. The number of nitrogens with zero attached hydrogens (tertiary/aromatic N) is 3. The van der Waals surface area contributed by atoms with E-state index >= 15 is 0 Å². The topological polar surface area (TPSA) is 145 Å². The molecule has 202 valence electrons. The van der Waals surface area contributed by atoms with Crippen LogP contribution in [-0.4, -0.2) is 42.6 Å². The van der Waals surface area contributed by atoms with Gasteiger partial charge in [-0.1, -0.05) is 42.4 Å². The molecule has 0 aliphatic rings. The minimum Gasteiger partial charge on any atom is -0.504 e. The Labute approximate surface area is 235 Å². The highest BCUT2D eigenvalue weighted by molar-refractivity contribution is 7.99. The van der Waals surface area contributed by atoms with Crippen molar-refractivity contribution in [2.45, 2.75) is 38.8 Å². The second kappa shape index (κ2) is 12.6. The van der Waals surface area contributed by atoms with E-state index in [1.165, 1.54) is 0 Å². The minimum absolute atomic E-state index is 0.0628. The van der Waals surface area contributed by atoms with E-state index in [0.717, 1.165) is 28.6 Å². The van der Waals surface area contributed by atoms with Crippen LogP contribution in [0.4, 0.5) is 22.9 Å². The van der Waals surface area contributed by atoms with E-state index in [1.54, 1.807) is 30.6 Å². The van der Waals surface area contributed by atoms with Gasteiger partial charge in [0.1, 0.15) is 16.8 Å². The number of amides is 2. The zero-order chi connectivity index (χ0) is 27.9. The summed E-state index contributed by atoms with van der Waals surface area (Å²) in [5, 5.41) is 20.2. The van der Waals surface area contributed by atoms with Crippen molar-refractivity contribution in [2.75, 3.05) is 21.7 Å². The number of nitrogens with one attached hydrogen (secondary N) is 4. The second-order valence-electron chi connectivity index (χ2n) is 8.69. The maximum absolute atomic E-state index is 13.0. The van der Waals surface area contributed by atoms with Crippen molar-refractivity contribution < 1.29 is 14.7 Å². The van der Waals surface area contributed by atoms with Gasteiger partial charge in [0, 0.05) is 36.1 Å². The molecule has 0 aliphatic carbocycles. The molecule has 0 unspecified atom stereocenters. The predicted octanol–water partition coefficient (Wildman–Crippen LogP) is 6.06. The Hall–Kier alpha value is -4.09. The first-order valence-electron chi connectivity index (χ1n) is 12.2. The summed E-state index contributed by atoms with van der Waals surface area (Å²) in [5.74, 6) is -0.0553. The smallest absolute Gasteiger partial charge is 0.234 e. The first-order chi connectivity index (χ1) is 18.7. The van der Waals surface area contributed by atoms with Crippen molar-refractivity contribution in [3.8, 4) is 17.1 Å². The summed E-state index contributed by atoms with van der Waals surface area (Å²) in [5.41, 5.74) is 3.88. The fourth-order valence-corrected chi connectivity index (χ4v) is 4.62. The van der Waals surface area contributed by atoms with Crippen molar-refractivity contribution in [1.82, 2.24) is 19.9 Å². The number of phenols is 1. The molecule has 0 spiro atoms. The summed E-state index contributed by atoms with van der Waals surface area (Å²) in [6.45, 7) is 5.92. The lowest BCUT2D eigenvalue weighted by molar-refractivity contribution is -0.116. The van der Waals surface area contributed by atoms with Crippen LogP contribution in [0.15, 0.2) is 53.9 Å². The van der Waals surface area contributed by atoms with Gasteiger partial charge in [0.15, 0.2) is 10.9 Å². The third kappa shape index (κ3) is 7.06. The first-order valence-corrected chi connectivity index (χ1v) is 13.6. The molecule has 39 heavy (non-hydrogen) atoms. The van der Waals surface area contributed by atoms with Gasteiger partial charge in [-0.3, -0.25) is 9.59 Å². The van der Waals surface area contributed by atoms with E-state index in [-0.39, 0.29) is 33.9 Å². The van der Waals surface area contributed by atoms with Crippen molar-refractivity contribution in [1.29, 1.82) is 0 Å². The molecule has 2 heterocycles. The zero-order valence-corrected chi connectivity index (χ0v) is 23.2. The Morgan fingerprint density at radius 2 is 1.90 bits per heavy atom. The van der Waals surface area contributed by atoms with E-state index in [9.17, 15) is 14.7 Å². The molecule has 0 radical (unpaired) electrons. The third-order valence-electron chi connectivity index (χ3n) is 5.82. The number of imidazole rings is 1. The summed E-state index contributed by atoms with van der Waals surface area (Å²) in [7, 11) is 0. The third-order valence-corrected chi connectivity index (χ3v) is 6.86. The fourth-order valence-electron chi connectivity index (χ4n) is 3.72. The van der Waals surface area contributed by atoms with E-state index < -0.39 is 5.91 Å². The molecule has 12 heteroatoms. The number of H-pyrrole nitrogens is 1. The maximum atomic E-state index is 13.0. The number of thioether (sulfide) groups is 1. The number of aromatic hydroxyl groups is 1. The zero-order valence-electron chi connectivity index (χ0n) is 21.6. The van der Waals surface area contributed by atoms with Crippen LogP contribution in [0, 0.1) is 13.8 Å². The van der Waals surface area contributed by atoms with Gasteiger partial charge in [0.05, 0.1) is 17.1 Å². The molecule has 2 aromatic heterocycles. The Kier molecular flexibility index (Phi) is 9.05. The highest BCUT2D eigenvalue weighted by Crippen LogP contribution is 2.40. The molecular weight excluding hydrogens is 538 g/mol. The van der Waals surface area contributed by atoms with Crippen LogP contribution in [0.2, 0.25) is 5.15 Å². The standard InChI is InChI=1S/C27H28ClN7O3S/c1-4-6-22(36)32-19-10-9-17(26-29-11-12-30-26)24(25(19)38)35-23(37)14-39-27-33-20(28)13-21(34-27)31-18-8-5-7-15(2)16(18)3/h5,7-13,38H,4,6,14H2,1-3H3,(H,29,30)(H,32,36)(H,35,37)(H,31,33,34). The van der Waals surface area contributed by atoms with Gasteiger partial charge in [-0.2, -0.15) is 0 Å². The Morgan fingerprint density at radius 1 is 1.08 bits per heavy atom. The molecule has 4 rings (SSSR count). The minimum atomic E-state index is -0.423. The van der Waals surface area contributed by atoms with Crippen LogP contribution < -0.4 is 16.0 Å². The highest BCUT2D eigenvalue weighted by atomic mass is 35.5. The molecule has 0 fully saturated rings. The number of aromatic nitrogens is 4. The van der Waals surface area contributed by atoms with Crippen molar-refractivity contribution in [3.63, 3.8) is 0 Å². The van der Waals surface area contributed by atoms with Crippen LogP contribution in [0.3, 0.4) is 0 Å². The number of carbonyl (C=O) groups is 2. The van der Waals surface area contributed by atoms with Gasteiger partial charge < -0.3 is 26.0 Å². The van der Waals surface area contributed by atoms with Crippen molar-refractivity contribution in [2.24, 2.45) is 0 Å². The molecule has 0 saturated carbocycles. The van der Waals surface area contributed by atoms with Gasteiger partial charge in [0.2, 0.25) is 11.8 Å². The second-order valence-corrected chi connectivity index (χ2v) is 10.0. The van der Waals surface area contributed by atoms with E-state index in [1.807, 2.05) is 39.0 Å². The summed E-state index contributed by atoms with van der Waals surface area (Å²) in [4.78, 5) is 41.0. The Balaban J connectivity index is 1.51. The van der Waals surface area contributed by atoms with Gasteiger partial charge in [-0.05, 0) is 49.6 Å². The molecule has 0 bridgehead atoms. The first kappa shape index (κ1) is 27.9. The largest absolute Gasteiger partial charge is 0.504 e. The Morgan fingerprint density at radius 3 is 2.64 bits per heavy atom. The number of phenolic OH excluding ortho intramolecular Hbond substituents is 1. The van der Waals surface area contributed by atoms with Crippen LogP contribution >= 0.6 is 23.4 Å². The van der Waals surface area contributed by atoms with Crippen LogP contribution in [0.1, 0.15) is 30.9 Å². The van der Waals surface area contributed by atoms with Gasteiger partial charge >= 0.3 is 0 Å². The number of benzene rings is 2. The monoisotopic (exact) mass is 565 g/mol. The van der Waals surface area contributed by atoms with Crippen LogP contribution in [0.25, 0.3) is 11.4 Å². The van der Waals surface area contributed by atoms with Gasteiger partial charge in [-0.25, -0.2) is 15.0 Å². The lowest BCUT2D eigenvalue weighted by Gasteiger charge is -2.15. The number of aromatic amines is 1. The lowest BCUT2D eigenvalue weighted by atomic mass is 10.1. The molecule has 0 saturated heterocycles. The number of carbonyl (C=O) groups excluding carboxylic acids is 2. The number of anilines is 4. The highest BCUT2D eigenvalue weighted by Gasteiger charge is 2.19. The number of rotatable bonds is 10. The van der Waals surface area contributed by atoms with E-state index in [4.69, 9.17) is 11.6 Å². The molecule has 0 aliphatic heterocycles. The van der Waals surface area contributed by atoms with Gasteiger partial charge in [0.25, 0.3) is 0 Å². The average Bonchev–Trinajstić information content (AvgIpc) is 3.43. The SMILES string of the molecule is CCCC(=O)Nc1ccc(-c2ncc[nH]2)c(NC(=O)CSc2nc(Cl)cc(Nc3cccc(C)c3C)n2)c1O. The molecule has 2 amide bonds. The molecule has 0 atom stereocenters. The van der Waals surface area contributed by atoms with Crippen molar-refractivity contribution >= 4 is 58.1 Å². The number of hydrogen-bond acceptors (Lipinski definition) is 8. The molecule has 2 aromatic carbocycles. The van der Waals surface area contributed by atoms with Crippen molar-refractivity contribution in [3.05, 3.63) is 65.1 Å². The number of aryl methyl sites for hydroxylation is 1. The molecule has 10 nitrogen and oxygen atoms in total. The maximum Gasteiger partial charge on any atom is 0.234 e. The fraction of sp³-hybridized carbons (Fsp3) is 0.222. The summed E-state index contributed by atoms with van der Waals surface area (Å²) < 4.78 is 0. The number of halogens is 1. The number of hydrogen-bond donors (Lipinski definition) is 5. The summed E-state index contributed by atoms with van der Waals surface area (Å²) >= 11 is 7.32. The van der Waals surface area contributed by atoms with Gasteiger partial charge in [-0.15, -0.1) is 0 Å². The van der Waals surface area contributed by atoms with Crippen LogP contribution in [0.5, 0.6) is 5.75 Å². The predicted molar refractivity (Wildman–Crippen MR) is 155 cm³/mol. The molecular formula is C27H28ClN7O3S.